The molecule has 0 unspecified atom stereocenters. The first-order valence-corrected chi connectivity index (χ1v) is 14.0. The number of aromatic nitrogens is 2. The van der Waals surface area contributed by atoms with E-state index in [4.69, 9.17) is 0 Å². The molecule has 2 nitrogen and oxygen atoms in total. The average Bonchev–Trinajstić information content (AvgIpc) is 3.00. The second-order valence-electron chi connectivity index (χ2n) is 10.5. The Labute approximate surface area is 242 Å². The maximum Gasteiger partial charge on any atom is 0.0702 e. The smallest absolute Gasteiger partial charge is 0.0702 e. The summed E-state index contributed by atoms with van der Waals surface area (Å²) in [6, 6.07) is 34.7. The van der Waals surface area contributed by atoms with E-state index in [1.807, 2.05) is 19.3 Å². The average molecular weight is 529 g/mol. The van der Waals surface area contributed by atoms with E-state index < -0.39 is 0 Å². The SMILES string of the molecule is C=C1/C=C\C=C/C/C(c2ccc(-c3ccc(C)cn3)cc2)=c2/ccccc2=C1c1ccc(-c2ccnc(C)c2)cc1. The summed E-state index contributed by atoms with van der Waals surface area (Å²) >= 11 is 0. The normalized spacial score (nSPS) is 16.1. The molecular weight excluding hydrogens is 496 g/mol. The first kappa shape index (κ1) is 26.2. The molecule has 0 amide bonds. The van der Waals surface area contributed by atoms with Crippen molar-refractivity contribution < 1.29 is 0 Å². The van der Waals surface area contributed by atoms with Crippen molar-refractivity contribution >= 4 is 11.1 Å². The number of pyridine rings is 2. The van der Waals surface area contributed by atoms with Gasteiger partial charge in [0.1, 0.15) is 0 Å². The number of fused-ring (bicyclic) bond motifs is 1. The molecule has 0 atom stereocenters. The van der Waals surface area contributed by atoms with Crippen LogP contribution in [0.4, 0.5) is 0 Å². The van der Waals surface area contributed by atoms with Crippen molar-refractivity contribution in [3.05, 3.63) is 179 Å². The highest BCUT2D eigenvalue weighted by Gasteiger charge is 2.11. The Hall–Kier alpha value is -5.08. The Kier molecular flexibility index (Phi) is 7.38. The molecule has 41 heavy (non-hydrogen) atoms. The maximum absolute atomic E-state index is 4.62. The van der Waals surface area contributed by atoms with Gasteiger partial charge in [0.05, 0.1) is 5.69 Å². The van der Waals surface area contributed by atoms with Crippen LogP contribution in [-0.2, 0) is 0 Å². The van der Waals surface area contributed by atoms with Gasteiger partial charge in [0, 0.05) is 23.7 Å². The molecule has 0 saturated heterocycles. The molecule has 0 fully saturated rings. The lowest BCUT2D eigenvalue weighted by molar-refractivity contribution is 1.20. The maximum atomic E-state index is 4.62. The van der Waals surface area contributed by atoms with Gasteiger partial charge in [0.15, 0.2) is 0 Å². The quantitative estimate of drug-likeness (QED) is 0.237. The van der Waals surface area contributed by atoms with Gasteiger partial charge in [-0.25, -0.2) is 0 Å². The molecular formula is C39H32N2. The van der Waals surface area contributed by atoms with Gasteiger partial charge in [-0.2, -0.15) is 0 Å². The van der Waals surface area contributed by atoms with E-state index in [0.29, 0.717) is 0 Å². The molecule has 1 aliphatic carbocycles. The number of aryl methyl sites for hydroxylation is 2. The first-order valence-electron chi connectivity index (χ1n) is 14.0. The third-order valence-electron chi connectivity index (χ3n) is 7.55. The van der Waals surface area contributed by atoms with Crippen molar-refractivity contribution in [3.63, 3.8) is 0 Å². The number of hydrogen-bond acceptors (Lipinski definition) is 2. The second kappa shape index (κ2) is 11.6. The number of hydrogen-bond donors (Lipinski definition) is 0. The summed E-state index contributed by atoms with van der Waals surface area (Å²) in [5.74, 6) is 0. The summed E-state index contributed by atoms with van der Waals surface area (Å²) in [4.78, 5) is 8.96. The van der Waals surface area contributed by atoms with Gasteiger partial charge in [-0.15, -0.1) is 0 Å². The molecule has 0 aliphatic heterocycles. The minimum Gasteiger partial charge on any atom is -0.262 e. The van der Waals surface area contributed by atoms with Crippen LogP contribution < -0.4 is 10.4 Å². The van der Waals surface area contributed by atoms with Crippen LogP contribution >= 0.6 is 0 Å². The summed E-state index contributed by atoms with van der Waals surface area (Å²) in [7, 11) is 0. The fourth-order valence-corrected chi connectivity index (χ4v) is 5.42. The van der Waals surface area contributed by atoms with Crippen molar-refractivity contribution in [1.82, 2.24) is 9.97 Å². The molecule has 2 heterocycles. The second-order valence-corrected chi connectivity index (χ2v) is 10.5. The van der Waals surface area contributed by atoms with Crippen molar-refractivity contribution in [2.24, 2.45) is 0 Å². The fourth-order valence-electron chi connectivity index (χ4n) is 5.42. The van der Waals surface area contributed by atoms with E-state index >= 15 is 0 Å². The van der Waals surface area contributed by atoms with Gasteiger partial charge < -0.3 is 0 Å². The van der Waals surface area contributed by atoms with Crippen LogP contribution in [0.5, 0.6) is 0 Å². The van der Waals surface area contributed by atoms with Crippen LogP contribution in [-0.4, -0.2) is 9.97 Å². The van der Waals surface area contributed by atoms with Crippen LogP contribution in [0.3, 0.4) is 0 Å². The van der Waals surface area contributed by atoms with Crippen LogP contribution in [0.25, 0.3) is 33.5 Å². The zero-order valence-corrected chi connectivity index (χ0v) is 23.5. The summed E-state index contributed by atoms with van der Waals surface area (Å²) in [6.07, 6.45) is 13.2. The molecule has 5 aromatic rings. The summed E-state index contributed by atoms with van der Waals surface area (Å²) < 4.78 is 0. The van der Waals surface area contributed by atoms with E-state index in [-0.39, 0.29) is 0 Å². The molecule has 0 radical (unpaired) electrons. The van der Waals surface area contributed by atoms with Gasteiger partial charge >= 0.3 is 0 Å². The van der Waals surface area contributed by atoms with Crippen molar-refractivity contribution in [2.45, 2.75) is 20.3 Å². The highest BCUT2D eigenvalue weighted by atomic mass is 14.7. The molecule has 1 aliphatic rings. The largest absolute Gasteiger partial charge is 0.262 e. The van der Waals surface area contributed by atoms with Crippen LogP contribution in [0.1, 0.15) is 28.8 Å². The van der Waals surface area contributed by atoms with Gasteiger partial charge in [0.2, 0.25) is 0 Å². The van der Waals surface area contributed by atoms with E-state index in [9.17, 15) is 0 Å². The highest BCUT2D eigenvalue weighted by Crippen LogP contribution is 2.26. The van der Waals surface area contributed by atoms with Crippen LogP contribution in [0.15, 0.2) is 146 Å². The zero-order chi connectivity index (χ0) is 28.2. The Balaban J connectivity index is 1.52. The topological polar surface area (TPSA) is 25.8 Å². The number of allylic oxidation sites excluding steroid dienone is 5. The predicted octanol–water partition coefficient (Wildman–Crippen LogP) is 7.90. The van der Waals surface area contributed by atoms with E-state index in [1.54, 1.807) is 0 Å². The Morgan fingerprint density at radius 2 is 1.34 bits per heavy atom. The van der Waals surface area contributed by atoms with Gasteiger partial charge in [-0.3, -0.25) is 9.97 Å². The summed E-state index contributed by atoms with van der Waals surface area (Å²) in [5, 5.41) is 2.41. The summed E-state index contributed by atoms with van der Waals surface area (Å²) in [5.41, 5.74) is 12.4. The lowest BCUT2D eigenvalue weighted by atomic mass is 9.90. The molecule has 198 valence electrons. The Bertz CT molecular complexity index is 1900. The van der Waals surface area contributed by atoms with Crippen molar-refractivity contribution in [2.75, 3.05) is 0 Å². The third kappa shape index (κ3) is 5.64. The van der Waals surface area contributed by atoms with Gasteiger partial charge in [-0.05, 0) is 93.4 Å². The van der Waals surface area contributed by atoms with E-state index in [1.165, 1.54) is 32.7 Å². The van der Waals surface area contributed by atoms with E-state index in [2.05, 4.69) is 145 Å². The first-order chi connectivity index (χ1) is 20.1. The highest BCUT2D eigenvalue weighted by molar-refractivity contribution is 5.83. The van der Waals surface area contributed by atoms with E-state index in [0.717, 1.165) is 45.6 Å². The fraction of sp³-hybridized carbons (Fsp3) is 0.0769. The molecule has 2 heteroatoms. The number of rotatable bonds is 4. The molecule has 0 bridgehead atoms. The monoisotopic (exact) mass is 528 g/mol. The molecule has 0 spiro atoms. The minimum atomic E-state index is 0.823. The molecule has 6 rings (SSSR count). The number of benzene rings is 3. The Morgan fingerprint density at radius 3 is 2.07 bits per heavy atom. The predicted molar refractivity (Wildman–Crippen MR) is 172 cm³/mol. The van der Waals surface area contributed by atoms with Crippen LogP contribution in [0.2, 0.25) is 0 Å². The molecule has 0 N–H and O–H groups in total. The zero-order valence-electron chi connectivity index (χ0n) is 23.5. The molecule has 3 aromatic carbocycles. The van der Waals surface area contributed by atoms with Gasteiger partial charge in [0.25, 0.3) is 0 Å². The van der Waals surface area contributed by atoms with Crippen LogP contribution in [0, 0.1) is 13.8 Å². The van der Waals surface area contributed by atoms with Gasteiger partial charge in [-0.1, -0.05) is 110 Å². The Morgan fingerprint density at radius 1 is 0.634 bits per heavy atom. The molecule has 0 saturated carbocycles. The summed E-state index contributed by atoms with van der Waals surface area (Å²) in [6.45, 7) is 8.59. The van der Waals surface area contributed by atoms with Crippen molar-refractivity contribution in [1.29, 1.82) is 0 Å². The standard InChI is InChI=1S/C39H32N2/c1-27-13-22-38(41-26-27)32-18-16-31(17-19-32)35-10-6-4-5-9-28(2)39(37-12-8-7-11-36(35)37)33-20-14-30(15-21-33)34-23-24-40-29(3)25-34/h4-9,11-26H,2,10H2,1,3H3/b6-4-,9-5-,36-35+,39-37?. The third-order valence-corrected chi connectivity index (χ3v) is 7.55. The number of nitrogens with zero attached hydrogens (tertiary/aromatic N) is 2. The lowest BCUT2D eigenvalue weighted by Crippen LogP contribution is -2.30. The van der Waals surface area contributed by atoms with Crippen molar-refractivity contribution in [3.8, 4) is 22.4 Å². The lowest BCUT2D eigenvalue weighted by Gasteiger charge is -2.14. The molecule has 2 aromatic heterocycles. The minimum absolute atomic E-state index is 0.823.